The molecule has 11 heteroatoms. The predicted molar refractivity (Wildman–Crippen MR) is 167 cm³/mol. The molecule has 0 saturated carbocycles. The molecule has 0 spiro atoms. The zero-order valence-electron chi connectivity index (χ0n) is 24.0. The Morgan fingerprint density at radius 3 is 2.60 bits per heavy atom. The van der Waals surface area contributed by atoms with Crippen LogP contribution in [0.5, 0.6) is 5.75 Å². The van der Waals surface area contributed by atoms with E-state index in [9.17, 15) is 4.79 Å². The summed E-state index contributed by atoms with van der Waals surface area (Å²) in [5.41, 5.74) is 5.76. The summed E-state index contributed by atoms with van der Waals surface area (Å²) in [7, 11) is 3.68. The normalized spacial score (nSPS) is 17.7. The van der Waals surface area contributed by atoms with Gasteiger partial charge in [0.15, 0.2) is 0 Å². The Hall–Kier alpha value is -4.58. The van der Waals surface area contributed by atoms with Gasteiger partial charge in [0.2, 0.25) is 5.91 Å². The number of nitrogens with two attached hydrogens (primary N) is 1. The number of piperazine rings is 1. The van der Waals surface area contributed by atoms with Crippen LogP contribution in [-0.2, 0) is 9.63 Å². The summed E-state index contributed by atoms with van der Waals surface area (Å²) in [5.74, 6) is 6.61. The maximum absolute atomic E-state index is 12.3. The lowest BCUT2D eigenvalue weighted by Gasteiger charge is -2.35. The zero-order chi connectivity index (χ0) is 29.6. The summed E-state index contributed by atoms with van der Waals surface area (Å²) in [6.07, 6.45) is 3.55. The van der Waals surface area contributed by atoms with Gasteiger partial charge in [0.25, 0.3) is 0 Å². The quantitative estimate of drug-likeness (QED) is 0.0857. The van der Waals surface area contributed by atoms with Crippen molar-refractivity contribution in [2.75, 3.05) is 62.5 Å². The van der Waals surface area contributed by atoms with Crippen molar-refractivity contribution in [3.05, 3.63) is 84.7 Å². The van der Waals surface area contributed by atoms with Crippen LogP contribution in [-0.4, -0.2) is 68.6 Å². The van der Waals surface area contributed by atoms with Crippen LogP contribution >= 0.6 is 0 Å². The second-order valence-corrected chi connectivity index (χ2v) is 10.3. The molecular formula is C31H38N8O3. The van der Waals surface area contributed by atoms with Crippen LogP contribution in [0.3, 0.4) is 0 Å². The van der Waals surface area contributed by atoms with Crippen LogP contribution in [0.4, 0.5) is 17.1 Å². The number of anilines is 3. The molecule has 11 nitrogen and oxygen atoms in total. The maximum atomic E-state index is 12.3. The molecule has 0 aromatic heterocycles. The van der Waals surface area contributed by atoms with Crippen molar-refractivity contribution in [3.8, 4) is 5.75 Å². The van der Waals surface area contributed by atoms with E-state index in [1.165, 1.54) is 6.08 Å². The number of nitrogens with one attached hydrogen (secondary N) is 4. The number of carbonyl (C=O) groups is 1. The highest BCUT2D eigenvalue weighted by molar-refractivity contribution is 6.02. The number of hydroxylamine groups is 2. The van der Waals surface area contributed by atoms with Gasteiger partial charge < -0.3 is 30.6 Å². The number of amidine groups is 1. The summed E-state index contributed by atoms with van der Waals surface area (Å²) in [6, 6.07) is 18.0. The van der Waals surface area contributed by atoms with Gasteiger partial charge in [0.1, 0.15) is 17.4 Å². The number of hydrogen-bond acceptors (Lipinski definition) is 9. The fourth-order valence-electron chi connectivity index (χ4n) is 5.42. The Bertz CT molecular complexity index is 1490. The first-order valence-corrected chi connectivity index (χ1v) is 13.9. The van der Waals surface area contributed by atoms with E-state index in [2.05, 4.69) is 63.8 Å². The molecule has 1 atom stereocenters. The second-order valence-electron chi connectivity index (χ2n) is 10.3. The second kappa shape index (κ2) is 12.9. The smallest absolute Gasteiger partial charge is 0.247 e. The molecular weight excluding hydrogens is 532 g/mol. The molecule has 2 fully saturated rings. The van der Waals surface area contributed by atoms with Crippen molar-refractivity contribution in [1.29, 1.82) is 5.41 Å². The molecule has 0 bridgehead atoms. The minimum atomic E-state index is -0.318. The number of methoxy groups -OCH3 is 1. The van der Waals surface area contributed by atoms with E-state index in [0.717, 1.165) is 54.6 Å². The number of hydrogen-bond donors (Lipinski definition) is 5. The molecule has 3 aromatic carbocycles. The summed E-state index contributed by atoms with van der Waals surface area (Å²) in [4.78, 5) is 22.7. The Morgan fingerprint density at radius 1 is 1.10 bits per heavy atom. The Kier molecular flexibility index (Phi) is 8.91. The third-order valence-corrected chi connectivity index (χ3v) is 7.64. The maximum Gasteiger partial charge on any atom is 0.247 e. The molecule has 42 heavy (non-hydrogen) atoms. The number of fused-ring (bicyclic) bond motifs is 1. The molecule has 0 aliphatic carbocycles. The summed E-state index contributed by atoms with van der Waals surface area (Å²) >= 11 is 0. The first kappa shape index (κ1) is 28.9. The van der Waals surface area contributed by atoms with Crippen LogP contribution in [0.1, 0.15) is 18.0 Å². The van der Waals surface area contributed by atoms with Crippen LogP contribution in [0.15, 0.2) is 79.1 Å². The van der Waals surface area contributed by atoms with Gasteiger partial charge in [-0.1, -0.05) is 49.0 Å². The summed E-state index contributed by atoms with van der Waals surface area (Å²) < 4.78 is 5.73. The van der Waals surface area contributed by atoms with Crippen LogP contribution < -0.4 is 31.5 Å². The van der Waals surface area contributed by atoms with Crippen molar-refractivity contribution >= 4 is 39.6 Å². The van der Waals surface area contributed by atoms with Crippen molar-refractivity contribution in [2.24, 2.45) is 5.84 Å². The van der Waals surface area contributed by atoms with E-state index in [4.69, 9.17) is 20.8 Å². The predicted octanol–water partition coefficient (Wildman–Crippen LogP) is 3.80. The minimum absolute atomic E-state index is 0.124. The first-order chi connectivity index (χ1) is 20.4. The standard InChI is InChI=1S/C31H38N8O3/c1-4-31(40)35-24-18-25(28(41-3)19-27(24)38-15-13-37(2)14-16-38)34-30(36-33)20-29(32)39-26(12-17-42-39)23-11-7-9-21-8-5-6-10-22(21)23/h4-11,18-20,26,32,34,36H,1,12-17,33H2,2-3H3,(H,35,40)/b30-20-,32-29?/t26-/m1/s1. The number of amides is 1. The summed E-state index contributed by atoms with van der Waals surface area (Å²) in [5, 5.41) is 18.9. The largest absolute Gasteiger partial charge is 0.494 e. The minimum Gasteiger partial charge on any atom is -0.494 e. The molecule has 3 aromatic rings. The monoisotopic (exact) mass is 570 g/mol. The number of ether oxygens (including phenoxy) is 1. The lowest BCUT2D eigenvalue weighted by atomic mass is 9.97. The lowest BCUT2D eigenvalue weighted by molar-refractivity contribution is -0.111. The van der Waals surface area contributed by atoms with E-state index >= 15 is 0 Å². The highest BCUT2D eigenvalue weighted by Gasteiger charge is 2.30. The molecule has 5 rings (SSSR count). The van der Waals surface area contributed by atoms with Crippen LogP contribution in [0.2, 0.25) is 0 Å². The van der Waals surface area contributed by atoms with Gasteiger partial charge in [-0.2, -0.15) is 0 Å². The van der Waals surface area contributed by atoms with Crippen LogP contribution in [0, 0.1) is 5.41 Å². The van der Waals surface area contributed by atoms with Gasteiger partial charge in [-0.25, -0.2) is 10.9 Å². The fraction of sp³-hybridized carbons (Fsp3) is 0.290. The number of carbonyl (C=O) groups excluding carboxylic acids is 1. The van der Waals surface area contributed by atoms with Crippen molar-refractivity contribution in [2.45, 2.75) is 12.5 Å². The average molecular weight is 571 g/mol. The molecule has 2 saturated heterocycles. The van der Waals surface area contributed by atoms with Gasteiger partial charge in [-0.05, 0) is 35.5 Å². The molecule has 220 valence electrons. The van der Waals surface area contributed by atoms with E-state index < -0.39 is 0 Å². The molecule has 2 aliphatic rings. The first-order valence-electron chi connectivity index (χ1n) is 13.9. The van der Waals surface area contributed by atoms with Crippen molar-refractivity contribution in [1.82, 2.24) is 15.4 Å². The molecule has 1 amide bonds. The highest BCUT2D eigenvalue weighted by atomic mass is 16.7. The molecule has 2 heterocycles. The van der Waals surface area contributed by atoms with Crippen LogP contribution in [0.25, 0.3) is 10.8 Å². The van der Waals surface area contributed by atoms with Crippen molar-refractivity contribution in [3.63, 3.8) is 0 Å². The number of benzene rings is 3. The number of likely N-dealkylation sites (N-methyl/N-ethyl adjacent to an activating group) is 1. The summed E-state index contributed by atoms with van der Waals surface area (Å²) in [6.45, 7) is 7.52. The third-order valence-electron chi connectivity index (χ3n) is 7.64. The number of rotatable bonds is 9. The average Bonchev–Trinajstić information content (AvgIpc) is 3.51. The number of hydrazine groups is 1. The number of nitrogens with zero attached hydrogens (tertiary/aromatic N) is 3. The molecule has 0 unspecified atom stereocenters. The van der Waals surface area contributed by atoms with E-state index in [1.807, 2.05) is 24.3 Å². The SMILES string of the molecule is C=CC(=O)Nc1cc(N/C(=C/C(=N)N2OCC[C@@H]2c2cccc3ccccc23)NN)c(OC)cc1N1CCN(C)CC1. The van der Waals surface area contributed by atoms with Gasteiger partial charge >= 0.3 is 0 Å². The van der Waals surface area contributed by atoms with Crippen molar-refractivity contribution < 1.29 is 14.4 Å². The van der Waals surface area contributed by atoms with Gasteiger partial charge in [0, 0.05) is 44.7 Å². The zero-order valence-corrected chi connectivity index (χ0v) is 24.0. The Morgan fingerprint density at radius 2 is 1.86 bits per heavy atom. The molecule has 6 N–H and O–H groups in total. The van der Waals surface area contributed by atoms with E-state index in [0.29, 0.717) is 29.6 Å². The Labute approximate surface area is 246 Å². The Balaban J connectivity index is 1.42. The van der Waals surface area contributed by atoms with E-state index in [-0.39, 0.29) is 17.8 Å². The van der Waals surface area contributed by atoms with Gasteiger partial charge in [-0.3, -0.25) is 15.0 Å². The highest BCUT2D eigenvalue weighted by Crippen LogP contribution is 2.39. The van der Waals surface area contributed by atoms with Gasteiger partial charge in [0.05, 0.1) is 36.8 Å². The topological polar surface area (TPSA) is 131 Å². The lowest BCUT2D eigenvalue weighted by Crippen LogP contribution is -2.44. The molecule has 2 aliphatic heterocycles. The van der Waals surface area contributed by atoms with Gasteiger partial charge in [-0.15, -0.1) is 0 Å². The third kappa shape index (κ3) is 6.18. The molecule has 0 radical (unpaired) electrons. The fourth-order valence-corrected chi connectivity index (χ4v) is 5.42. The van der Waals surface area contributed by atoms with E-state index in [1.54, 1.807) is 24.3 Å².